The van der Waals surface area contributed by atoms with Crippen LogP contribution in [0.4, 0.5) is 10.8 Å². The molecule has 0 aliphatic carbocycles. The topological polar surface area (TPSA) is 67.2 Å². The van der Waals surface area contributed by atoms with Gasteiger partial charge in [-0.2, -0.15) is 0 Å². The molecule has 0 saturated heterocycles. The fourth-order valence-electron chi connectivity index (χ4n) is 3.29. The number of thiophene rings is 1. The fourth-order valence-corrected chi connectivity index (χ4v) is 4.24. The Labute approximate surface area is 179 Å². The number of nitrogens with one attached hydrogen (secondary N) is 2. The average molecular weight is 418 g/mol. The zero-order valence-corrected chi connectivity index (χ0v) is 17.9. The smallest absolute Gasteiger partial charge is 0.291 e. The summed E-state index contributed by atoms with van der Waals surface area (Å²) in [6.07, 6.45) is 1.50. The van der Waals surface area contributed by atoms with Gasteiger partial charge >= 0.3 is 0 Å². The number of carbonyl (C=O) groups excluding carboxylic acids is 1. The summed E-state index contributed by atoms with van der Waals surface area (Å²) in [5.41, 5.74) is 4.22. The van der Waals surface area contributed by atoms with Crippen LogP contribution in [0.3, 0.4) is 0 Å². The maximum Gasteiger partial charge on any atom is 0.291 e. The molecule has 3 heterocycles. The number of aromatic nitrogens is 1. The van der Waals surface area contributed by atoms with E-state index in [1.807, 2.05) is 32.0 Å². The molecule has 0 aliphatic rings. The van der Waals surface area contributed by atoms with E-state index in [0.29, 0.717) is 0 Å². The van der Waals surface area contributed by atoms with Crippen molar-refractivity contribution in [3.8, 4) is 0 Å². The van der Waals surface area contributed by atoms with Crippen LogP contribution in [0.15, 0.2) is 71.3 Å². The molecule has 0 aliphatic heterocycles. The van der Waals surface area contributed by atoms with E-state index in [2.05, 4.69) is 52.9 Å². The monoisotopic (exact) mass is 417 g/mol. The predicted molar refractivity (Wildman–Crippen MR) is 121 cm³/mol. The van der Waals surface area contributed by atoms with Crippen LogP contribution in [0.2, 0.25) is 0 Å². The number of nitrogens with zero attached hydrogens (tertiary/aromatic N) is 1. The molecule has 0 spiro atoms. The number of benzene rings is 1. The van der Waals surface area contributed by atoms with Crippen LogP contribution in [-0.2, 0) is 0 Å². The molecule has 1 unspecified atom stereocenters. The highest BCUT2D eigenvalue weighted by molar-refractivity contribution is 7.16. The lowest BCUT2D eigenvalue weighted by atomic mass is 9.99. The van der Waals surface area contributed by atoms with Crippen LogP contribution in [0, 0.1) is 20.8 Å². The predicted octanol–water partition coefficient (Wildman–Crippen LogP) is 6.12. The van der Waals surface area contributed by atoms with E-state index in [9.17, 15) is 4.79 Å². The lowest BCUT2D eigenvalue weighted by molar-refractivity contribution is 0.0997. The van der Waals surface area contributed by atoms with Gasteiger partial charge in [-0.25, -0.2) is 4.98 Å². The first kappa shape index (κ1) is 19.9. The van der Waals surface area contributed by atoms with E-state index in [1.54, 1.807) is 23.5 Å². The number of hydrogen-bond donors (Lipinski definition) is 2. The molecule has 152 valence electrons. The summed E-state index contributed by atoms with van der Waals surface area (Å²) >= 11 is 1.55. The number of carbonyl (C=O) groups is 1. The Morgan fingerprint density at radius 3 is 2.53 bits per heavy atom. The Hall–Kier alpha value is -3.38. The molecule has 0 saturated carbocycles. The SMILES string of the molecule is Cc1ccc(C(Nc2cccc(C)n2)c2cc(C)sc2NC(=O)c2ccco2)cc1. The largest absolute Gasteiger partial charge is 0.459 e. The Bertz CT molecular complexity index is 1150. The van der Waals surface area contributed by atoms with E-state index in [-0.39, 0.29) is 17.7 Å². The third-order valence-corrected chi connectivity index (χ3v) is 5.74. The van der Waals surface area contributed by atoms with Gasteiger partial charge in [-0.05, 0) is 56.7 Å². The van der Waals surface area contributed by atoms with E-state index in [0.717, 1.165) is 32.5 Å². The molecule has 5 nitrogen and oxygen atoms in total. The third kappa shape index (κ3) is 4.44. The lowest BCUT2D eigenvalue weighted by Gasteiger charge is -2.21. The fraction of sp³-hybridized carbons (Fsp3) is 0.167. The van der Waals surface area contributed by atoms with Crippen LogP contribution in [-0.4, -0.2) is 10.9 Å². The Morgan fingerprint density at radius 2 is 1.83 bits per heavy atom. The van der Waals surface area contributed by atoms with Gasteiger partial charge in [0.05, 0.1) is 12.3 Å². The molecule has 0 fully saturated rings. The molecule has 4 aromatic rings. The minimum absolute atomic E-state index is 0.170. The maximum atomic E-state index is 12.6. The van der Waals surface area contributed by atoms with Crippen LogP contribution in [0.1, 0.15) is 43.9 Å². The van der Waals surface area contributed by atoms with Gasteiger partial charge in [0.2, 0.25) is 0 Å². The van der Waals surface area contributed by atoms with Crippen LogP contribution in [0.5, 0.6) is 0 Å². The van der Waals surface area contributed by atoms with Gasteiger partial charge in [-0.1, -0.05) is 35.9 Å². The molecule has 4 rings (SSSR count). The minimum Gasteiger partial charge on any atom is -0.459 e. The Morgan fingerprint density at radius 1 is 1.03 bits per heavy atom. The second-order valence-corrected chi connectivity index (χ2v) is 8.48. The summed E-state index contributed by atoms with van der Waals surface area (Å²) in [4.78, 5) is 18.3. The summed E-state index contributed by atoms with van der Waals surface area (Å²) in [5, 5.41) is 7.36. The van der Waals surface area contributed by atoms with Crippen LogP contribution >= 0.6 is 11.3 Å². The van der Waals surface area contributed by atoms with Crippen molar-refractivity contribution in [1.82, 2.24) is 4.98 Å². The van der Waals surface area contributed by atoms with Gasteiger partial charge in [0.1, 0.15) is 10.8 Å². The average Bonchev–Trinajstić information content (AvgIpc) is 3.37. The second kappa shape index (κ2) is 8.55. The minimum atomic E-state index is -0.264. The number of rotatable bonds is 6. The zero-order valence-electron chi connectivity index (χ0n) is 17.1. The number of amides is 1. The van der Waals surface area contributed by atoms with Crippen molar-refractivity contribution in [2.45, 2.75) is 26.8 Å². The van der Waals surface area contributed by atoms with E-state index >= 15 is 0 Å². The van der Waals surface area contributed by atoms with Gasteiger partial charge < -0.3 is 15.1 Å². The van der Waals surface area contributed by atoms with Crippen molar-refractivity contribution in [1.29, 1.82) is 0 Å². The molecule has 30 heavy (non-hydrogen) atoms. The summed E-state index contributed by atoms with van der Waals surface area (Å²) in [6.45, 7) is 6.07. The van der Waals surface area contributed by atoms with E-state index < -0.39 is 0 Å². The first-order valence-electron chi connectivity index (χ1n) is 9.71. The number of pyridine rings is 1. The molecule has 1 amide bonds. The molecular formula is C24H23N3O2S. The number of anilines is 2. The molecule has 1 aromatic carbocycles. The molecule has 3 aromatic heterocycles. The number of hydrogen-bond acceptors (Lipinski definition) is 5. The van der Waals surface area contributed by atoms with Crippen molar-refractivity contribution in [2.24, 2.45) is 0 Å². The molecular weight excluding hydrogens is 394 g/mol. The standard InChI is InChI=1S/C24H23N3O2S/c1-15-9-11-18(12-10-15)22(26-21-8-4-6-16(2)25-21)19-14-17(3)30-24(19)27-23(28)20-7-5-13-29-20/h4-14,22H,1-3H3,(H,25,26)(H,27,28). The highest BCUT2D eigenvalue weighted by Crippen LogP contribution is 2.37. The zero-order chi connectivity index (χ0) is 21.1. The number of furan rings is 1. The first-order valence-corrected chi connectivity index (χ1v) is 10.5. The number of aryl methyl sites for hydroxylation is 3. The van der Waals surface area contributed by atoms with Gasteiger partial charge in [-0.15, -0.1) is 11.3 Å². The quantitative estimate of drug-likeness (QED) is 0.397. The third-order valence-electron chi connectivity index (χ3n) is 4.76. The van der Waals surface area contributed by atoms with Gasteiger partial charge in [-0.3, -0.25) is 4.79 Å². The van der Waals surface area contributed by atoms with Crippen LogP contribution < -0.4 is 10.6 Å². The highest BCUT2D eigenvalue weighted by atomic mass is 32.1. The van der Waals surface area contributed by atoms with Crippen LogP contribution in [0.25, 0.3) is 0 Å². The summed E-state index contributed by atoms with van der Waals surface area (Å²) in [5.74, 6) is 0.805. The molecule has 1 atom stereocenters. The summed E-state index contributed by atoms with van der Waals surface area (Å²) in [7, 11) is 0. The maximum absolute atomic E-state index is 12.6. The molecule has 2 N–H and O–H groups in total. The second-order valence-electron chi connectivity index (χ2n) is 7.23. The van der Waals surface area contributed by atoms with Gasteiger partial charge in [0.25, 0.3) is 5.91 Å². The van der Waals surface area contributed by atoms with Crippen molar-refractivity contribution in [2.75, 3.05) is 10.6 Å². The molecule has 6 heteroatoms. The Balaban J connectivity index is 1.73. The van der Waals surface area contributed by atoms with Crippen molar-refractivity contribution in [3.63, 3.8) is 0 Å². The molecule has 0 radical (unpaired) electrons. The summed E-state index contributed by atoms with van der Waals surface area (Å²) in [6, 6.07) is 19.6. The van der Waals surface area contributed by atoms with Crippen molar-refractivity contribution < 1.29 is 9.21 Å². The first-order chi connectivity index (χ1) is 14.5. The summed E-state index contributed by atoms with van der Waals surface area (Å²) < 4.78 is 5.25. The van der Waals surface area contributed by atoms with Gasteiger partial charge in [0.15, 0.2) is 5.76 Å². The van der Waals surface area contributed by atoms with Gasteiger partial charge in [0, 0.05) is 16.1 Å². The Kier molecular flexibility index (Phi) is 5.68. The van der Waals surface area contributed by atoms with Crippen molar-refractivity contribution in [3.05, 3.63) is 99.9 Å². The highest BCUT2D eigenvalue weighted by Gasteiger charge is 2.22. The molecule has 0 bridgehead atoms. The van der Waals surface area contributed by atoms with Crippen molar-refractivity contribution >= 4 is 28.1 Å². The van der Waals surface area contributed by atoms with E-state index in [1.165, 1.54) is 11.8 Å². The van der Waals surface area contributed by atoms with E-state index in [4.69, 9.17) is 4.42 Å². The normalized spacial score (nSPS) is 11.8. The lowest BCUT2D eigenvalue weighted by Crippen LogP contribution is -2.17.